The van der Waals surface area contributed by atoms with Crippen LogP contribution in [0.2, 0.25) is 0 Å². The summed E-state index contributed by atoms with van der Waals surface area (Å²) in [4.78, 5) is 4.10. The van der Waals surface area contributed by atoms with E-state index in [0.717, 1.165) is 17.5 Å². The molecule has 0 radical (unpaired) electrons. The van der Waals surface area contributed by atoms with Crippen molar-refractivity contribution >= 4 is 16.9 Å². The Balaban J connectivity index is 2.06. The van der Waals surface area contributed by atoms with Gasteiger partial charge in [-0.3, -0.25) is 0 Å². The fourth-order valence-electron chi connectivity index (χ4n) is 2.30. The highest BCUT2D eigenvalue weighted by atomic mass is 19.1. The first-order chi connectivity index (χ1) is 11.1. The monoisotopic (exact) mass is 314 g/mol. The first-order valence-corrected chi connectivity index (χ1v) is 6.81. The summed E-state index contributed by atoms with van der Waals surface area (Å²) in [6, 6.07) is 8.84. The summed E-state index contributed by atoms with van der Waals surface area (Å²) in [5, 5.41) is 8.26. The number of nitrogens with two attached hydrogens (primary N) is 2. The fourth-order valence-corrected chi connectivity index (χ4v) is 2.30. The molecular weight excluding hydrogens is 299 g/mol. The fraction of sp³-hybridized carbons (Fsp3) is 0.133. The quantitative estimate of drug-likeness (QED) is 0.326. The van der Waals surface area contributed by atoms with Crippen molar-refractivity contribution in [1.82, 2.24) is 14.8 Å². The zero-order chi connectivity index (χ0) is 16.4. The Bertz CT molecular complexity index is 872. The van der Waals surface area contributed by atoms with Crippen LogP contribution in [0.3, 0.4) is 0 Å². The lowest BCUT2D eigenvalue weighted by molar-refractivity contribution is 0.414. The third-order valence-corrected chi connectivity index (χ3v) is 3.43. The molecule has 23 heavy (non-hydrogen) atoms. The molecule has 0 aliphatic carbocycles. The van der Waals surface area contributed by atoms with Crippen LogP contribution in [0.5, 0.6) is 5.75 Å². The van der Waals surface area contributed by atoms with Crippen LogP contribution < -0.4 is 16.3 Å². The molecule has 7 nitrogen and oxygen atoms in total. The molecule has 0 aliphatic heterocycles. The van der Waals surface area contributed by atoms with E-state index >= 15 is 0 Å². The van der Waals surface area contributed by atoms with Crippen LogP contribution >= 0.6 is 0 Å². The van der Waals surface area contributed by atoms with E-state index in [0.29, 0.717) is 23.3 Å². The Morgan fingerprint density at radius 2 is 2.09 bits per heavy atom. The molecule has 4 N–H and O–H groups in total. The van der Waals surface area contributed by atoms with E-state index in [4.69, 9.17) is 16.3 Å². The molecule has 2 aromatic heterocycles. The lowest BCUT2D eigenvalue weighted by Gasteiger charge is -2.04. The molecule has 0 bridgehead atoms. The van der Waals surface area contributed by atoms with Gasteiger partial charge in [0.15, 0.2) is 11.5 Å². The van der Waals surface area contributed by atoms with Gasteiger partial charge in [0.05, 0.1) is 25.2 Å². The smallest absolute Gasteiger partial charge is 0.171 e. The highest BCUT2D eigenvalue weighted by Gasteiger charge is 2.16. The van der Waals surface area contributed by atoms with Crippen LogP contribution in [-0.4, -0.2) is 27.7 Å². The van der Waals surface area contributed by atoms with Gasteiger partial charge in [-0.1, -0.05) is 12.1 Å². The minimum absolute atomic E-state index is 0.0240. The number of hydrazone groups is 1. The number of hydrogen-bond donors (Lipinski definition) is 2. The van der Waals surface area contributed by atoms with Crippen molar-refractivity contribution in [1.29, 1.82) is 0 Å². The van der Waals surface area contributed by atoms with Gasteiger partial charge in [-0.25, -0.2) is 14.1 Å². The van der Waals surface area contributed by atoms with Crippen molar-refractivity contribution in [3.63, 3.8) is 0 Å². The lowest BCUT2D eigenvalue weighted by Crippen LogP contribution is -2.17. The van der Waals surface area contributed by atoms with Crippen molar-refractivity contribution in [2.24, 2.45) is 16.7 Å². The first-order valence-electron chi connectivity index (χ1n) is 6.81. The van der Waals surface area contributed by atoms with E-state index < -0.39 is 5.82 Å². The summed E-state index contributed by atoms with van der Waals surface area (Å²) in [5.74, 6) is 5.52. The summed E-state index contributed by atoms with van der Waals surface area (Å²) in [6.45, 7) is 0.441. The van der Waals surface area contributed by atoms with Crippen LogP contribution in [0.4, 0.5) is 4.39 Å². The Kier molecular flexibility index (Phi) is 3.80. The normalized spacial score (nSPS) is 11.8. The number of nitrogens with zero attached hydrogens (tertiary/aromatic N) is 4. The molecule has 0 saturated carbocycles. The van der Waals surface area contributed by atoms with Crippen LogP contribution in [0.25, 0.3) is 11.0 Å². The second kappa shape index (κ2) is 5.91. The number of benzene rings is 1. The molecule has 1 aromatic carbocycles. The molecule has 0 spiro atoms. The zero-order valence-corrected chi connectivity index (χ0v) is 12.4. The molecule has 2 heterocycles. The number of ether oxygens (including phenoxy) is 1. The summed E-state index contributed by atoms with van der Waals surface area (Å²) in [7, 11) is 1.61. The molecule has 8 heteroatoms. The third kappa shape index (κ3) is 2.78. The van der Waals surface area contributed by atoms with E-state index in [1.54, 1.807) is 11.8 Å². The second-order valence-corrected chi connectivity index (χ2v) is 4.89. The van der Waals surface area contributed by atoms with Gasteiger partial charge in [-0.2, -0.15) is 10.2 Å². The average molecular weight is 314 g/mol. The van der Waals surface area contributed by atoms with Gasteiger partial charge in [-0.05, 0) is 23.8 Å². The number of methoxy groups -OCH3 is 1. The molecule has 0 unspecified atom stereocenters. The Hall–Kier alpha value is -3.16. The van der Waals surface area contributed by atoms with Crippen molar-refractivity contribution in [2.45, 2.75) is 6.54 Å². The number of aromatic nitrogens is 3. The third-order valence-electron chi connectivity index (χ3n) is 3.43. The molecule has 3 rings (SSSR count). The number of amidine groups is 1. The molecule has 118 valence electrons. The van der Waals surface area contributed by atoms with E-state index in [9.17, 15) is 4.39 Å². The van der Waals surface area contributed by atoms with Gasteiger partial charge in [0.2, 0.25) is 0 Å². The summed E-state index contributed by atoms with van der Waals surface area (Å²) >= 11 is 0. The van der Waals surface area contributed by atoms with Gasteiger partial charge in [0.25, 0.3) is 0 Å². The average Bonchev–Trinajstić information content (AvgIpc) is 2.92. The summed E-state index contributed by atoms with van der Waals surface area (Å²) in [6.07, 6.45) is 1.13. The standard InChI is InChI=1S/C15H15FN6O/c1-23-11-4-2-9(3-5-11)8-22-15-12(6-10(16)7-19-15)13(21-22)14(17)20-18/h2-7H,8,18H2,1H3,(H2,17,20). The largest absolute Gasteiger partial charge is 0.497 e. The van der Waals surface area contributed by atoms with Crippen molar-refractivity contribution < 1.29 is 9.13 Å². The van der Waals surface area contributed by atoms with E-state index in [1.807, 2.05) is 24.3 Å². The Labute approximate surface area is 131 Å². The van der Waals surface area contributed by atoms with Crippen LogP contribution in [0.1, 0.15) is 11.3 Å². The number of pyridine rings is 1. The van der Waals surface area contributed by atoms with Gasteiger partial charge >= 0.3 is 0 Å². The topological polar surface area (TPSA) is 104 Å². The van der Waals surface area contributed by atoms with Gasteiger partial charge in [0, 0.05) is 0 Å². The van der Waals surface area contributed by atoms with E-state index in [1.165, 1.54) is 6.07 Å². The van der Waals surface area contributed by atoms with Gasteiger partial charge in [0.1, 0.15) is 17.3 Å². The molecule has 0 fully saturated rings. The highest BCUT2D eigenvalue weighted by molar-refractivity contribution is 6.06. The summed E-state index contributed by atoms with van der Waals surface area (Å²) in [5.41, 5.74) is 7.53. The maximum atomic E-state index is 13.5. The Morgan fingerprint density at radius 3 is 2.74 bits per heavy atom. The molecule has 0 aliphatic rings. The Morgan fingerprint density at radius 1 is 1.35 bits per heavy atom. The number of halogens is 1. The predicted molar refractivity (Wildman–Crippen MR) is 84.5 cm³/mol. The second-order valence-electron chi connectivity index (χ2n) is 4.89. The van der Waals surface area contributed by atoms with Crippen LogP contribution in [0.15, 0.2) is 41.6 Å². The van der Waals surface area contributed by atoms with Crippen molar-refractivity contribution in [2.75, 3.05) is 7.11 Å². The van der Waals surface area contributed by atoms with E-state index in [-0.39, 0.29) is 5.84 Å². The van der Waals surface area contributed by atoms with Crippen LogP contribution in [-0.2, 0) is 6.54 Å². The maximum absolute atomic E-state index is 13.5. The highest BCUT2D eigenvalue weighted by Crippen LogP contribution is 2.19. The molecule has 0 atom stereocenters. The first kappa shape index (κ1) is 14.8. The lowest BCUT2D eigenvalue weighted by atomic mass is 10.2. The van der Waals surface area contributed by atoms with Gasteiger partial charge in [-0.15, -0.1) is 0 Å². The molecule has 0 amide bonds. The number of rotatable bonds is 4. The van der Waals surface area contributed by atoms with Crippen molar-refractivity contribution in [3.05, 3.63) is 53.6 Å². The number of hydrogen-bond acceptors (Lipinski definition) is 5. The summed E-state index contributed by atoms with van der Waals surface area (Å²) < 4.78 is 20.2. The zero-order valence-electron chi connectivity index (χ0n) is 12.4. The van der Waals surface area contributed by atoms with Gasteiger partial charge < -0.3 is 16.3 Å². The molecular formula is C15H15FN6O. The molecule has 0 saturated heterocycles. The minimum atomic E-state index is -0.479. The van der Waals surface area contributed by atoms with E-state index in [2.05, 4.69) is 15.2 Å². The number of fused-ring (bicyclic) bond motifs is 1. The SMILES string of the molecule is COc1ccc(Cn2nc(C(N)=NN)c3cc(F)cnc32)cc1. The predicted octanol–water partition coefficient (Wildman–Crippen LogP) is 1.21. The minimum Gasteiger partial charge on any atom is -0.497 e. The van der Waals surface area contributed by atoms with Crippen molar-refractivity contribution in [3.8, 4) is 5.75 Å². The maximum Gasteiger partial charge on any atom is 0.171 e. The van der Waals surface area contributed by atoms with Crippen LogP contribution in [0, 0.1) is 5.82 Å². The molecule has 3 aromatic rings.